The molecule has 0 radical (unpaired) electrons. The zero-order valence-electron chi connectivity index (χ0n) is 12.0. The van der Waals surface area contributed by atoms with Crippen LogP contribution in [0.25, 0.3) is 0 Å². The molecule has 110 valence electrons. The van der Waals surface area contributed by atoms with Crippen LogP contribution in [0.4, 0.5) is 5.13 Å². The number of hydrogen-bond donors (Lipinski definition) is 1. The Morgan fingerprint density at radius 2 is 2.35 bits per heavy atom. The molecular formula is C14H22N4OS. The van der Waals surface area contributed by atoms with Gasteiger partial charge in [-0.2, -0.15) is 0 Å². The van der Waals surface area contributed by atoms with Crippen LogP contribution in [0.15, 0.2) is 5.38 Å². The number of carbonyl (C=O) groups excluding carboxylic acids is 1. The van der Waals surface area contributed by atoms with E-state index in [4.69, 9.17) is 0 Å². The molecule has 20 heavy (non-hydrogen) atoms. The number of piperidine rings is 1. The molecule has 0 saturated carbocycles. The summed E-state index contributed by atoms with van der Waals surface area (Å²) < 4.78 is 0. The number of anilines is 1. The molecule has 5 nitrogen and oxygen atoms in total. The number of aromatic nitrogens is 1. The summed E-state index contributed by atoms with van der Waals surface area (Å²) in [4.78, 5) is 21.0. The van der Waals surface area contributed by atoms with Gasteiger partial charge in [-0.15, -0.1) is 11.3 Å². The monoisotopic (exact) mass is 294 g/mol. The lowest BCUT2D eigenvalue weighted by Gasteiger charge is -2.37. The van der Waals surface area contributed by atoms with Gasteiger partial charge in [-0.25, -0.2) is 4.98 Å². The van der Waals surface area contributed by atoms with Crippen molar-refractivity contribution in [2.75, 3.05) is 32.0 Å². The molecule has 1 N–H and O–H groups in total. The van der Waals surface area contributed by atoms with Crippen molar-refractivity contribution in [2.24, 2.45) is 0 Å². The number of carbonyl (C=O) groups is 1. The minimum absolute atomic E-state index is 0.350. The Kier molecular flexibility index (Phi) is 4.21. The third kappa shape index (κ3) is 2.96. The van der Waals surface area contributed by atoms with E-state index < -0.39 is 0 Å². The van der Waals surface area contributed by atoms with Crippen LogP contribution in [-0.2, 0) is 11.3 Å². The van der Waals surface area contributed by atoms with Gasteiger partial charge in [-0.3, -0.25) is 9.69 Å². The third-order valence-corrected chi connectivity index (χ3v) is 5.09. The SMILES string of the molecule is CNc1nc(CN2CCC[C@H](N3CCCC3=O)C2)cs1. The molecule has 0 bridgehead atoms. The normalized spacial score (nSPS) is 24.4. The maximum atomic E-state index is 11.9. The summed E-state index contributed by atoms with van der Waals surface area (Å²) in [5.74, 6) is 0.350. The zero-order valence-corrected chi connectivity index (χ0v) is 12.8. The molecule has 2 fully saturated rings. The van der Waals surface area contributed by atoms with Crippen LogP contribution in [0.3, 0.4) is 0 Å². The first-order valence-electron chi connectivity index (χ1n) is 7.40. The molecular weight excluding hydrogens is 272 g/mol. The van der Waals surface area contributed by atoms with Crippen LogP contribution in [0.1, 0.15) is 31.4 Å². The summed E-state index contributed by atoms with van der Waals surface area (Å²) in [6, 6.07) is 0.418. The minimum atomic E-state index is 0.350. The molecule has 3 heterocycles. The minimum Gasteiger partial charge on any atom is -0.365 e. The average Bonchev–Trinajstić information content (AvgIpc) is 3.08. The van der Waals surface area contributed by atoms with E-state index in [0.29, 0.717) is 11.9 Å². The van der Waals surface area contributed by atoms with Crippen molar-refractivity contribution in [2.45, 2.75) is 38.3 Å². The van der Waals surface area contributed by atoms with Crippen molar-refractivity contribution in [3.63, 3.8) is 0 Å². The molecule has 0 unspecified atom stereocenters. The molecule has 3 rings (SSSR count). The number of thiazole rings is 1. The topological polar surface area (TPSA) is 48.5 Å². The Bertz CT molecular complexity index is 475. The van der Waals surface area contributed by atoms with E-state index in [-0.39, 0.29) is 0 Å². The highest BCUT2D eigenvalue weighted by Gasteiger charge is 2.31. The lowest BCUT2D eigenvalue weighted by atomic mass is 10.0. The van der Waals surface area contributed by atoms with Crippen molar-refractivity contribution in [3.8, 4) is 0 Å². The summed E-state index contributed by atoms with van der Waals surface area (Å²) >= 11 is 1.65. The van der Waals surface area contributed by atoms with Crippen LogP contribution in [-0.4, -0.2) is 53.4 Å². The lowest BCUT2D eigenvalue weighted by molar-refractivity contribution is -0.130. The summed E-state index contributed by atoms with van der Waals surface area (Å²) in [6.07, 6.45) is 4.11. The Morgan fingerprint density at radius 3 is 3.05 bits per heavy atom. The van der Waals surface area contributed by atoms with Crippen LogP contribution >= 0.6 is 11.3 Å². The summed E-state index contributed by atoms with van der Waals surface area (Å²) in [7, 11) is 1.90. The van der Waals surface area contributed by atoms with Gasteiger partial charge in [0.1, 0.15) is 0 Å². The molecule has 2 saturated heterocycles. The van der Waals surface area contributed by atoms with E-state index >= 15 is 0 Å². The van der Waals surface area contributed by atoms with E-state index in [1.165, 1.54) is 6.42 Å². The van der Waals surface area contributed by atoms with Crippen molar-refractivity contribution < 1.29 is 4.79 Å². The summed E-state index contributed by atoms with van der Waals surface area (Å²) in [6.45, 7) is 3.97. The molecule has 2 aliphatic heterocycles. The lowest BCUT2D eigenvalue weighted by Crippen LogP contribution is -2.48. The Hall–Kier alpha value is -1.14. The van der Waals surface area contributed by atoms with E-state index in [1.54, 1.807) is 11.3 Å². The second-order valence-electron chi connectivity index (χ2n) is 5.62. The van der Waals surface area contributed by atoms with Gasteiger partial charge in [-0.05, 0) is 25.8 Å². The molecule has 6 heteroatoms. The van der Waals surface area contributed by atoms with Crippen molar-refractivity contribution in [1.82, 2.24) is 14.8 Å². The van der Waals surface area contributed by atoms with E-state index in [2.05, 4.69) is 25.5 Å². The standard InChI is InChI=1S/C14H22N4OS/c1-15-14-16-11(10-20-14)8-17-6-2-4-12(9-17)18-7-3-5-13(18)19/h10,12H,2-9H2,1H3,(H,15,16)/t12-/m0/s1. The molecule has 2 aliphatic rings. The number of nitrogens with zero attached hydrogens (tertiary/aromatic N) is 3. The molecule has 0 aliphatic carbocycles. The quantitative estimate of drug-likeness (QED) is 0.919. The molecule has 1 amide bonds. The third-order valence-electron chi connectivity index (χ3n) is 4.18. The summed E-state index contributed by atoms with van der Waals surface area (Å²) in [5, 5.41) is 6.18. The first-order valence-corrected chi connectivity index (χ1v) is 8.28. The first-order chi connectivity index (χ1) is 9.76. The van der Waals surface area contributed by atoms with Gasteiger partial charge in [0.15, 0.2) is 5.13 Å². The number of nitrogens with one attached hydrogen (secondary N) is 1. The second-order valence-corrected chi connectivity index (χ2v) is 6.47. The number of amides is 1. The fourth-order valence-electron chi connectivity index (χ4n) is 3.21. The second kappa shape index (κ2) is 6.10. The van der Waals surface area contributed by atoms with E-state index in [1.807, 2.05) is 7.05 Å². The van der Waals surface area contributed by atoms with Gasteiger partial charge >= 0.3 is 0 Å². The Balaban J connectivity index is 1.58. The molecule has 1 aromatic rings. The zero-order chi connectivity index (χ0) is 13.9. The van der Waals surface area contributed by atoms with Gasteiger partial charge in [0.05, 0.1) is 5.69 Å². The van der Waals surface area contributed by atoms with Crippen molar-refractivity contribution in [3.05, 3.63) is 11.1 Å². The number of rotatable bonds is 4. The van der Waals surface area contributed by atoms with E-state index in [9.17, 15) is 4.79 Å². The molecule has 0 aromatic carbocycles. The highest BCUT2D eigenvalue weighted by atomic mass is 32.1. The predicted octanol–water partition coefficient (Wildman–Crippen LogP) is 1.77. The van der Waals surface area contributed by atoms with E-state index in [0.717, 1.165) is 56.3 Å². The van der Waals surface area contributed by atoms with Gasteiger partial charge in [0.2, 0.25) is 5.91 Å². The molecule has 1 aromatic heterocycles. The summed E-state index contributed by atoms with van der Waals surface area (Å²) in [5.41, 5.74) is 1.13. The first kappa shape index (κ1) is 13.8. The smallest absolute Gasteiger partial charge is 0.222 e. The fraction of sp³-hybridized carbons (Fsp3) is 0.714. The Morgan fingerprint density at radius 1 is 1.45 bits per heavy atom. The molecule has 1 atom stereocenters. The van der Waals surface area contributed by atoms with Gasteiger partial charge in [-0.1, -0.05) is 0 Å². The van der Waals surface area contributed by atoms with Crippen molar-refractivity contribution >= 4 is 22.4 Å². The fourth-order valence-corrected chi connectivity index (χ4v) is 3.87. The van der Waals surface area contributed by atoms with Crippen molar-refractivity contribution in [1.29, 1.82) is 0 Å². The van der Waals surface area contributed by atoms with Crippen LogP contribution in [0, 0.1) is 0 Å². The van der Waals surface area contributed by atoms with Crippen LogP contribution in [0.2, 0.25) is 0 Å². The van der Waals surface area contributed by atoms with Gasteiger partial charge in [0, 0.05) is 44.5 Å². The van der Waals surface area contributed by atoms with Gasteiger partial charge < -0.3 is 10.2 Å². The number of hydrogen-bond acceptors (Lipinski definition) is 5. The number of likely N-dealkylation sites (tertiary alicyclic amines) is 2. The highest BCUT2D eigenvalue weighted by Crippen LogP contribution is 2.23. The molecule has 0 spiro atoms. The van der Waals surface area contributed by atoms with Crippen LogP contribution in [0.5, 0.6) is 0 Å². The van der Waals surface area contributed by atoms with Gasteiger partial charge in [0.25, 0.3) is 0 Å². The Labute approximate surface area is 124 Å². The maximum Gasteiger partial charge on any atom is 0.222 e. The predicted molar refractivity (Wildman–Crippen MR) is 80.9 cm³/mol. The maximum absolute atomic E-state index is 11.9. The average molecular weight is 294 g/mol. The highest BCUT2D eigenvalue weighted by molar-refractivity contribution is 7.13. The van der Waals surface area contributed by atoms with Crippen LogP contribution < -0.4 is 5.32 Å². The largest absolute Gasteiger partial charge is 0.365 e.